The van der Waals surface area contributed by atoms with Crippen LogP contribution in [0.3, 0.4) is 0 Å². The number of aliphatic hydroxyl groups is 1. The van der Waals surface area contributed by atoms with E-state index in [0.717, 1.165) is 6.42 Å². The molecule has 0 aliphatic heterocycles. The Hall–Kier alpha value is -0.770. The number of hydrogen-bond donors (Lipinski definition) is 1. The van der Waals surface area contributed by atoms with Gasteiger partial charge in [0.1, 0.15) is 0 Å². The molecule has 1 N–H and O–H groups in total. The lowest BCUT2D eigenvalue weighted by atomic mass is 10.1. The van der Waals surface area contributed by atoms with Crippen molar-refractivity contribution < 1.29 is 14.6 Å². The molecular weight excluding hydrogens is 263 g/mol. The molecule has 1 unspecified atom stereocenters. The molecular formula is C12H14Cl2O3. The highest BCUT2D eigenvalue weighted by Gasteiger charge is 2.15. The first-order valence-corrected chi connectivity index (χ1v) is 6.08. The van der Waals surface area contributed by atoms with E-state index in [0.29, 0.717) is 22.2 Å². The third-order valence-electron chi connectivity index (χ3n) is 2.10. The molecule has 17 heavy (non-hydrogen) atoms. The predicted octanol–water partition coefficient (Wildman–Crippen LogP) is 3.37. The number of rotatable bonds is 5. The maximum Gasteiger partial charge on any atom is 0.308 e. The van der Waals surface area contributed by atoms with Gasteiger partial charge in [0.2, 0.25) is 0 Å². The molecule has 0 heterocycles. The Morgan fingerprint density at radius 1 is 1.35 bits per heavy atom. The number of esters is 1. The molecule has 0 bridgehead atoms. The van der Waals surface area contributed by atoms with E-state index >= 15 is 0 Å². The zero-order valence-electron chi connectivity index (χ0n) is 9.45. The van der Waals surface area contributed by atoms with Crippen LogP contribution in [0.5, 0.6) is 0 Å². The summed E-state index contributed by atoms with van der Waals surface area (Å²) < 4.78 is 4.88. The van der Waals surface area contributed by atoms with Gasteiger partial charge in [0.15, 0.2) is 0 Å². The third kappa shape index (κ3) is 4.94. The molecule has 1 atom stereocenters. The van der Waals surface area contributed by atoms with Gasteiger partial charge >= 0.3 is 5.97 Å². The van der Waals surface area contributed by atoms with Gasteiger partial charge in [-0.3, -0.25) is 4.79 Å². The number of aliphatic hydroxyl groups excluding tert-OH is 1. The fraction of sp³-hybridized carbons (Fsp3) is 0.417. The lowest BCUT2D eigenvalue weighted by molar-refractivity contribution is -0.146. The molecule has 1 aromatic rings. The Morgan fingerprint density at radius 2 is 1.94 bits per heavy atom. The first-order chi connectivity index (χ1) is 8.02. The van der Waals surface area contributed by atoms with Gasteiger partial charge in [0, 0.05) is 10.0 Å². The molecule has 3 nitrogen and oxygen atoms in total. The lowest BCUT2D eigenvalue weighted by Crippen LogP contribution is -2.10. The number of halogens is 2. The molecule has 1 aromatic carbocycles. The maximum absolute atomic E-state index is 11.3. The number of ether oxygens (including phenoxy) is 1. The van der Waals surface area contributed by atoms with Crippen molar-refractivity contribution in [3.63, 3.8) is 0 Å². The van der Waals surface area contributed by atoms with Gasteiger partial charge in [-0.1, -0.05) is 30.1 Å². The smallest absolute Gasteiger partial charge is 0.308 e. The highest BCUT2D eigenvalue weighted by Crippen LogP contribution is 2.25. The number of hydrogen-bond acceptors (Lipinski definition) is 3. The maximum atomic E-state index is 11.3. The standard InChI is InChI=1S/C12H14Cl2O3/c1-2-3-17-12(16)7-11(15)8-4-9(13)6-10(14)5-8/h4-6,11,15H,2-3,7H2,1H3. The molecule has 1 rings (SSSR count). The molecule has 0 radical (unpaired) electrons. The van der Waals surface area contributed by atoms with Crippen molar-refractivity contribution in [1.82, 2.24) is 0 Å². The second-order valence-corrected chi connectivity index (χ2v) is 4.52. The van der Waals surface area contributed by atoms with Gasteiger partial charge in [-0.2, -0.15) is 0 Å². The molecule has 94 valence electrons. The highest BCUT2D eigenvalue weighted by molar-refractivity contribution is 6.34. The van der Waals surface area contributed by atoms with E-state index in [9.17, 15) is 9.90 Å². The van der Waals surface area contributed by atoms with Crippen molar-refractivity contribution in [3.8, 4) is 0 Å². The second kappa shape index (κ2) is 6.84. The lowest BCUT2D eigenvalue weighted by Gasteiger charge is -2.11. The van der Waals surface area contributed by atoms with Gasteiger partial charge in [-0.15, -0.1) is 0 Å². The van der Waals surface area contributed by atoms with Crippen molar-refractivity contribution in [2.24, 2.45) is 0 Å². The van der Waals surface area contributed by atoms with Crippen LogP contribution in [0.2, 0.25) is 10.0 Å². The normalized spacial score (nSPS) is 12.2. The summed E-state index contributed by atoms with van der Waals surface area (Å²) in [5.74, 6) is -0.435. The zero-order valence-corrected chi connectivity index (χ0v) is 11.0. The Bertz CT molecular complexity index is 373. The van der Waals surface area contributed by atoms with Crippen LogP contribution in [0.25, 0.3) is 0 Å². The highest BCUT2D eigenvalue weighted by atomic mass is 35.5. The van der Waals surface area contributed by atoms with E-state index < -0.39 is 12.1 Å². The van der Waals surface area contributed by atoms with Crippen LogP contribution in [-0.2, 0) is 9.53 Å². The predicted molar refractivity (Wildman–Crippen MR) is 67.3 cm³/mol. The third-order valence-corrected chi connectivity index (χ3v) is 2.53. The van der Waals surface area contributed by atoms with Crippen LogP contribution in [0.4, 0.5) is 0 Å². The monoisotopic (exact) mass is 276 g/mol. The summed E-state index contributed by atoms with van der Waals surface area (Å²) in [5, 5.41) is 10.7. The van der Waals surface area contributed by atoms with Gasteiger partial charge < -0.3 is 9.84 Å². The van der Waals surface area contributed by atoms with Crippen LogP contribution in [0.1, 0.15) is 31.4 Å². The topological polar surface area (TPSA) is 46.5 Å². The van der Waals surface area contributed by atoms with E-state index in [4.69, 9.17) is 27.9 Å². The molecule has 0 saturated carbocycles. The molecule has 0 aliphatic rings. The van der Waals surface area contributed by atoms with Crippen LogP contribution >= 0.6 is 23.2 Å². The molecule has 0 amide bonds. The first-order valence-electron chi connectivity index (χ1n) is 5.32. The summed E-state index contributed by atoms with van der Waals surface area (Å²) in [5.41, 5.74) is 0.510. The average Bonchev–Trinajstić information content (AvgIpc) is 2.25. The molecule has 0 aliphatic carbocycles. The Labute approximate surface area is 110 Å². The van der Waals surface area contributed by atoms with E-state index in [1.807, 2.05) is 6.92 Å². The molecule has 0 aromatic heterocycles. The van der Waals surface area contributed by atoms with Gasteiger partial charge in [-0.05, 0) is 30.2 Å². The fourth-order valence-corrected chi connectivity index (χ4v) is 1.86. The van der Waals surface area contributed by atoms with Crippen LogP contribution < -0.4 is 0 Å². The minimum atomic E-state index is -0.949. The largest absolute Gasteiger partial charge is 0.466 e. The number of carbonyl (C=O) groups excluding carboxylic acids is 1. The summed E-state index contributed by atoms with van der Waals surface area (Å²) in [6.45, 7) is 2.27. The Kier molecular flexibility index (Phi) is 5.75. The Balaban J connectivity index is 2.63. The summed E-state index contributed by atoms with van der Waals surface area (Å²) in [6, 6.07) is 4.71. The second-order valence-electron chi connectivity index (χ2n) is 3.64. The van der Waals surface area contributed by atoms with E-state index in [-0.39, 0.29) is 6.42 Å². The van der Waals surface area contributed by atoms with E-state index in [1.165, 1.54) is 0 Å². The number of carbonyl (C=O) groups is 1. The summed E-state index contributed by atoms with van der Waals surface area (Å²) in [7, 11) is 0. The average molecular weight is 277 g/mol. The first kappa shape index (κ1) is 14.3. The van der Waals surface area contributed by atoms with Gasteiger partial charge in [-0.25, -0.2) is 0 Å². The molecule has 0 fully saturated rings. The summed E-state index contributed by atoms with van der Waals surface area (Å²) in [4.78, 5) is 11.3. The fourth-order valence-electron chi connectivity index (χ4n) is 1.32. The zero-order chi connectivity index (χ0) is 12.8. The number of benzene rings is 1. The van der Waals surface area contributed by atoms with Crippen molar-refractivity contribution in [3.05, 3.63) is 33.8 Å². The molecule has 0 spiro atoms. The quantitative estimate of drug-likeness (QED) is 0.839. The van der Waals surface area contributed by atoms with Crippen molar-refractivity contribution in [2.45, 2.75) is 25.9 Å². The van der Waals surface area contributed by atoms with Crippen molar-refractivity contribution in [2.75, 3.05) is 6.61 Å². The summed E-state index contributed by atoms with van der Waals surface area (Å²) in [6.07, 6.45) is -0.294. The summed E-state index contributed by atoms with van der Waals surface area (Å²) >= 11 is 11.6. The van der Waals surface area contributed by atoms with Gasteiger partial charge in [0.05, 0.1) is 19.1 Å². The molecule has 0 saturated heterocycles. The van der Waals surface area contributed by atoms with Crippen LogP contribution in [0.15, 0.2) is 18.2 Å². The van der Waals surface area contributed by atoms with Crippen molar-refractivity contribution >= 4 is 29.2 Å². The SMILES string of the molecule is CCCOC(=O)CC(O)c1cc(Cl)cc(Cl)c1. The minimum absolute atomic E-state index is 0.101. The minimum Gasteiger partial charge on any atom is -0.466 e. The van der Waals surface area contributed by atoms with Crippen LogP contribution in [-0.4, -0.2) is 17.7 Å². The molecule has 5 heteroatoms. The van der Waals surface area contributed by atoms with Crippen molar-refractivity contribution in [1.29, 1.82) is 0 Å². The van der Waals surface area contributed by atoms with E-state index in [1.54, 1.807) is 18.2 Å². The Morgan fingerprint density at radius 3 is 2.47 bits per heavy atom. The van der Waals surface area contributed by atoms with E-state index in [2.05, 4.69) is 0 Å². The van der Waals surface area contributed by atoms with Gasteiger partial charge in [0.25, 0.3) is 0 Å². The van der Waals surface area contributed by atoms with Crippen LogP contribution in [0, 0.1) is 0 Å².